The summed E-state index contributed by atoms with van der Waals surface area (Å²) in [7, 11) is 1.72. The van der Waals surface area contributed by atoms with E-state index in [4.69, 9.17) is 4.74 Å². The summed E-state index contributed by atoms with van der Waals surface area (Å²) in [6, 6.07) is 0. The first kappa shape index (κ1) is 12.8. The third-order valence-electron chi connectivity index (χ3n) is 3.95. The van der Waals surface area contributed by atoms with Crippen molar-refractivity contribution in [3.05, 3.63) is 0 Å². The maximum absolute atomic E-state index is 12.3. The van der Waals surface area contributed by atoms with Gasteiger partial charge in [0.15, 0.2) is 0 Å². The van der Waals surface area contributed by atoms with Crippen molar-refractivity contribution in [2.24, 2.45) is 5.41 Å². The van der Waals surface area contributed by atoms with E-state index < -0.39 is 0 Å². The van der Waals surface area contributed by atoms with E-state index in [-0.39, 0.29) is 17.1 Å². The highest BCUT2D eigenvalue weighted by Crippen LogP contribution is 2.42. The average Bonchev–Trinajstić information content (AvgIpc) is 2.99. The third kappa shape index (κ3) is 2.47. The van der Waals surface area contributed by atoms with Crippen LogP contribution in [0.5, 0.6) is 0 Å². The van der Waals surface area contributed by atoms with Crippen molar-refractivity contribution >= 4 is 5.91 Å². The minimum atomic E-state index is -0.184. The molecule has 2 fully saturated rings. The fourth-order valence-corrected chi connectivity index (χ4v) is 2.60. The predicted octanol–water partition coefficient (Wildman–Crippen LogP) is 1.36. The molecule has 0 aromatic carbocycles. The number of nitrogens with zero attached hydrogens (tertiary/aromatic N) is 1. The molecule has 1 amide bonds. The number of carbonyl (C=O) groups is 1. The molecular formula is C13H24N2O2. The molecule has 1 aliphatic carbocycles. The summed E-state index contributed by atoms with van der Waals surface area (Å²) in [6.07, 6.45) is 3.16. The fourth-order valence-electron chi connectivity index (χ4n) is 2.60. The topological polar surface area (TPSA) is 41.6 Å². The molecule has 1 N–H and O–H groups in total. The average molecular weight is 240 g/mol. The van der Waals surface area contributed by atoms with E-state index >= 15 is 0 Å². The van der Waals surface area contributed by atoms with Crippen LogP contribution in [0.25, 0.3) is 0 Å². The fraction of sp³-hybridized carbons (Fsp3) is 0.923. The summed E-state index contributed by atoms with van der Waals surface area (Å²) in [5.74, 6) is 0.301. The van der Waals surface area contributed by atoms with Crippen molar-refractivity contribution in [2.45, 2.75) is 51.7 Å². The maximum Gasteiger partial charge on any atom is 0.244 e. The molecule has 2 aliphatic rings. The first-order valence-corrected chi connectivity index (χ1v) is 6.48. The zero-order chi connectivity index (χ0) is 12.7. The number of hydrogen-bond donors (Lipinski definition) is 1. The first-order valence-electron chi connectivity index (χ1n) is 6.48. The molecule has 4 nitrogen and oxygen atoms in total. The molecule has 1 saturated heterocycles. The highest BCUT2D eigenvalue weighted by atomic mass is 16.5. The Bertz CT molecular complexity index is 311. The van der Waals surface area contributed by atoms with Crippen molar-refractivity contribution in [3.8, 4) is 0 Å². The number of rotatable bonds is 5. The second kappa shape index (κ2) is 4.25. The smallest absolute Gasteiger partial charge is 0.244 e. The van der Waals surface area contributed by atoms with Crippen LogP contribution < -0.4 is 5.32 Å². The van der Waals surface area contributed by atoms with Gasteiger partial charge in [-0.3, -0.25) is 10.1 Å². The van der Waals surface area contributed by atoms with Gasteiger partial charge in [-0.15, -0.1) is 0 Å². The van der Waals surface area contributed by atoms with Crippen LogP contribution >= 0.6 is 0 Å². The number of hydrogen-bond acceptors (Lipinski definition) is 3. The van der Waals surface area contributed by atoms with Gasteiger partial charge in [-0.1, -0.05) is 13.8 Å². The van der Waals surface area contributed by atoms with E-state index in [9.17, 15) is 4.79 Å². The van der Waals surface area contributed by atoms with Crippen molar-refractivity contribution in [1.82, 2.24) is 10.2 Å². The van der Waals surface area contributed by atoms with Gasteiger partial charge in [0.1, 0.15) is 0 Å². The lowest BCUT2D eigenvalue weighted by Crippen LogP contribution is -2.41. The summed E-state index contributed by atoms with van der Waals surface area (Å²) < 4.78 is 5.13. The summed E-state index contributed by atoms with van der Waals surface area (Å²) in [4.78, 5) is 14.3. The van der Waals surface area contributed by atoms with Gasteiger partial charge in [0.2, 0.25) is 5.91 Å². The third-order valence-corrected chi connectivity index (χ3v) is 3.95. The largest absolute Gasteiger partial charge is 0.385 e. The maximum atomic E-state index is 12.3. The molecular weight excluding hydrogens is 216 g/mol. The van der Waals surface area contributed by atoms with E-state index in [0.717, 1.165) is 32.4 Å². The van der Waals surface area contributed by atoms with Crippen LogP contribution in [0.3, 0.4) is 0 Å². The SMILES string of the molecule is COCCC(C)(C)CN1C(=O)C2(CC2)NC1C. The van der Waals surface area contributed by atoms with Gasteiger partial charge in [0, 0.05) is 20.3 Å². The molecule has 0 aromatic heterocycles. The molecule has 1 spiro atoms. The van der Waals surface area contributed by atoms with Gasteiger partial charge < -0.3 is 9.64 Å². The molecule has 4 heteroatoms. The van der Waals surface area contributed by atoms with Crippen LogP contribution in [0.2, 0.25) is 0 Å². The zero-order valence-electron chi connectivity index (χ0n) is 11.4. The lowest BCUT2D eigenvalue weighted by molar-refractivity contribution is -0.132. The summed E-state index contributed by atoms with van der Waals surface area (Å²) in [6.45, 7) is 8.04. The lowest BCUT2D eigenvalue weighted by atomic mass is 9.89. The van der Waals surface area contributed by atoms with Gasteiger partial charge in [-0.05, 0) is 31.6 Å². The first-order chi connectivity index (χ1) is 7.90. The highest BCUT2D eigenvalue weighted by Gasteiger charge is 2.58. The monoisotopic (exact) mass is 240 g/mol. The van der Waals surface area contributed by atoms with Crippen LogP contribution in [-0.4, -0.2) is 42.8 Å². The Hall–Kier alpha value is -0.610. The standard InChI is InChI=1S/C13H24N2O2/c1-10-14-13(5-6-13)11(16)15(10)9-12(2,3)7-8-17-4/h10,14H,5-9H2,1-4H3. The Balaban J connectivity index is 1.96. The van der Waals surface area contributed by atoms with Gasteiger partial charge in [-0.2, -0.15) is 0 Å². The van der Waals surface area contributed by atoms with Crippen LogP contribution in [0, 0.1) is 5.41 Å². The molecule has 1 aliphatic heterocycles. The van der Waals surface area contributed by atoms with Crippen LogP contribution in [0.1, 0.15) is 40.0 Å². The Labute approximate surface area is 104 Å². The minimum absolute atomic E-state index is 0.113. The van der Waals surface area contributed by atoms with E-state index in [2.05, 4.69) is 26.1 Å². The van der Waals surface area contributed by atoms with Crippen LogP contribution in [0.15, 0.2) is 0 Å². The molecule has 0 radical (unpaired) electrons. The minimum Gasteiger partial charge on any atom is -0.385 e. The van der Waals surface area contributed by atoms with Crippen LogP contribution in [0.4, 0.5) is 0 Å². The van der Waals surface area contributed by atoms with E-state index in [0.29, 0.717) is 5.91 Å². The molecule has 17 heavy (non-hydrogen) atoms. The number of ether oxygens (including phenoxy) is 1. The summed E-state index contributed by atoms with van der Waals surface area (Å²) in [5, 5.41) is 3.43. The summed E-state index contributed by atoms with van der Waals surface area (Å²) >= 11 is 0. The molecule has 2 rings (SSSR count). The van der Waals surface area contributed by atoms with Gasteiger partial charge in [0.05, 0.1) is 11.7 Å². The molecule has 98 valence electrons. The summed E-state index contributed by atoms with van der Waals surface area (Å²) in [5.41, 5.74) is -0.0707. The zero-order valence-corrected chi connectivity index (χ0v) is 11.4. The molecule has 1 atom stereocenters. The second-order valence-corrected chi connectivity index (χ2v) is 6.24. The normalized spacial score (nSPS) is 26.9. The van der Waals surface area contributed by atoms with Gasteiger partial charge in [0.25, 0.3) is 0 Å². The number of nitrogens with one attached hydrogen (secondary N) is 1. The van der Waals surface area contributed by atoms with E-state index in [1.54, 1.807) is 7.11 Å². The Kier molecular flexibility index (Phi) is 3.21. The Morgan fingerprint density at radius 2 is 2.18 bits per heavy atom. The highest BCUT2D eigenvalue weighted by molar-refractivity contribution is 5.91. The number of methoxy groups -OCH3 is 1. The van der Waals surface area contributed by atoms with Crippen molar-refractivity contribution in [1.29, 1.82) is 0 Å². The van der Waals surface area contributed by atoms with Crippen molar-refractivity contribution in [2.75, 3.05) is 20.3 Å². The number of amides is 1. The Morgan fingerprint density at radius 1 is 1.53 bits per heavy atom. The molecule has 1 saturated carbocycles. The molecule has 1 heterocycles. The van der Waals surface area contributed by atoms with Gasteiger partial charge in [-0.25, -0.2) is 0 Å². The Morgan fingerprint density at radius 3 is 2.65 bits per heavy atom. The van der Waals surface area contributed by atoms with Crippen molar-refractivity contribution in [3.63, 3.8) is 0 Å². The number of carbonyl (C=O) groups excluding carboxylic acids is 1. The van der Waals surface area contributed by atoms with Crippen molar-refractivity contribution < 1.29 is 9.53 Å². The lowest BCUT2D eigenvalue weighted by Gasteiger charge is -2.32. The predicted molar refractivity (Wildman–Crippen MR) is 66.5 cm³/mol. The van der Waals surface area contributed by atoms with Crippen LogP contribution in [-0.2, 0) is 9.53 Å². The van der Waals surface area contributed by atoms with E-state index in [1.807, 2.05) is 4.90 Å². The van der Waals surface area contributed by atoms with E-state index in [1.165, 1.54) is 0 Å². The second-order valence-electron chi connectivity index (χ2n) is 6.24. The van der Waals surface area contributed by atoms with Gasteiger partial charge >= 0.3 is 0 Å². The molecule has 0 bridgehead atoms. The molecule has 1 unspecified atom stereocenters. The molecule has 0 aromatic rings. The quantitative estimate of drug-likeness (QED) is 0.789.